The third-order valence-corrected chi connectivity index (χ3v) is 7.71. The Labute approximate surface area is 182 Å². The van der Waals surface area contributed by atoms with Gasteiger partial charge in [-0.25, -0.2) is 8.42 Å². The van der Waals surface area contributed by atoms with Crippen LogP contribution in [0.4, 0.5) is 5.69 Å². The van der Waals surface area contributed by atoms with Crippen molar-refractivity contribution in [1.29, 1.82) is 0 Å². The average Bonchev–Trinajstić information content (AvgIpc) is 3.38. The van der Waals surface area contributed by atoms with Crippen molar-refractivity contribution in [1.82, 2.24) is 9.46 Å². The van der Waals surface area contributed by atoms with Gasteiger partial charge in [-0.3, -0.25) is 4.79 Å². The number of carbonyl (C=O) groups is 1. The fraction of sp³-hybridized carbons (Fsp3) is 0.304. The maximum atomic E-state index is 13.3. The predicted molar refractivity (Wildman–Crippen MR) is 117 cm³/mol. The molecule has 4 rings (SSSR count). The number of anilines is 1. The Balaban J connectivity index is 1.57. The molecule has 0 spiro atoms. The molecule has 1 aliphatic rings. The van der Waals surface area contributed by atoms with Gasteiger partial charge < -0.3 is 9.84 Å². The largest absolute Gasteiger partial charge is 0.360 e. The van der Waals surface area contributed by atoms with Crippen LogP contribution in [0, 0.1) is 13.8 Å². The minimum Gasteiger partial charge on any atom is -0.360 e. The van der Waals surface area contributed by atoms with Crippen LogP contribution in [0.3, 0.4) is 0 Å². The van der Waals surface area contributed by atoms with Crippen LogP contribution in [0.1, 0.15) is 35.4 Å². The number of sulfonamides is 1. The lowest BCUT2D eigenvalue weighted by Crippen LogP contribution is -2.43. The van der Waals surface area contributed by atoms with E-state index in [-0.39, 0.29) is 23.1 Å². The number of carbonyl (C=O) groups excluding carboxylic acids is 1. The second kappa shape index (κ2) is 8.64. The number of aromatic nitrogens is 1. The maximum absolute atomic E-state index is 13.3. The molecule has 162 valence electrons. The minimum absolute atomic E-state index is 0.0525. The summed E-state index contributed by atoms with van der Waals surface area (Å²) >= 11 is 0. The van der Waals surface area contributed by atoms with Gasteiger partial charge >= 0.3 is 0 Å². The highest BCUT2D eigenvalue weighted by Gasteiger charge is 2.42. The summed E-state index contributed by atoms with van der Waals surface area (Å²) in [6.45, 7) is 3.45. The summed E-state index contributed by atoms with van der Waals surface area (Å²) in [7, 11) is -3.89. The number of amides is 1. The van der Waals surface area contributed by atoms with E-state index in [1.54, 1.807) is 13.8 Å². The number of benzene rings is 2. The summed E-state index contributed by atoms with van der Waals surface area (Å²) in [6.07, 6.45) is 1.75. The normalized spacial score (nSPS) is 17.0. The van der Waals surface area contributed by atoms with Gasteiger partial charge in [-0.2, -0.15) is 4.31 Å². The first kappa shape index (κ1) is 21.3. The molecule has 0 saturated carbocycles. The molecule has 0 radical (unpaired) electrons. The molecule has 0 aliphatic carbocycles. The van der Waals surface area contributed by atoms with Gasteiger partial charge in [0.2, 0.25) is 15.9 Å². The van der Waals surface area contributed by atoms with Gasteiger partial charge in [0.1, 0.15) is 16.6 Å². The second-order valence-electron chi connectivity index (χ2n) is 7.74. The number of hydrogen-bond donors (Lipinski definition) is 1. The topological polar surface area (TPSA) is 92.5 Å². The molecule has 2 heterocycles. The highest BCUT2D eigenvalue weighted by Crippen LogP contribution is 2.30. The van der Waals surface area contributed by atoms with Crippen molar-refractivity contribution >= 4 is 21.6 Å². The molecule has 0 bridgehead atoms. The summed E-state index contributed by atoms with van der Waals surface area (Å²) in [5, 5.41) is 6.73. The Morgan fingerprint density at radius 3 is 2.55 bits per heavy atom. The van der Waals surface area contributed by atoms with E-state index in [4.69, 9.17) is 4.52 Å². The molecule has 0 unspecified atom stereocenters. The average molecular weight is 440 g/mol. The van der Waals surface area contributed by atoms with Crippen molar-refractivity contribution in [2.75, 3.05) is 11.9 Å². The molecule has 8 heteroatoms. The van der Waals surface area contributed by atoms with E-state index >= 15 is 0 Å². The SMILES string of the molecule is Cc1noc(C)c1S(=O)(=O)N1CCC[C@@H]1C(=O)Nc1ccccc1Cc1ccccc1. The van der Waals surface area contributed by atoms with E-state index in [0.717, 1.165) is 11.1 Å². The summed E-state index contributed by atoms with van der Waals surface area (Å²) in [6, 6.07) is 16.8. The van der Waals surface area contributed by atoms with E-state index < -0.39 is 16.1 Å². The van der Waals surface area contributed by atoms with E-state index in [1.165, 1.54) is 4.31 Å². The number of hydrogen-bond acceptors (Lipinski definition) is 5. The third-order valence-electron chi connectivity index (χ3n) is 5.55. The monoisotopic (exact) mass is 439 g/mol. The lowest BCUT2D eigenvalue weighted by atomic mass is 10.0. The molecule has 1 atom stereocenters. The Morgan fingerprint density at radius 1 is 1.13 bits per heavy atom. The highest BCUT2D eigenvalue weighted by atomic mass is 32.2. The van der Waals surface area contributed by atoms with Gasteiger partial charge in [0.25, 0.3) is 0 Å². The van der Waals surface area contributed by atoms with Crippen molar-refractivity contribution in [3.63, 3.8) is 0 Å². The van der Waals surface area contributed by atoms with Gasteiger partial charge in [0, 0.05) is 12.2 Å². The van der Waals surface area contributed by atoms with E-state index in [2.05, 4.69) is 10.5 Å². The molecule has 2 aromatic carbocycles. The summed E-state index contributed by atoms with van der Waals surface area (Å²) in [5.41, 5.74) is 3.10. The summed E-state index contributed by atoms with van der Waals surface area (Å²) in [4.78, 5) is 13.2. The van der Waals surface area contributed by atoms with Crippen LogP contribution in [0.5, 0.6) is 0 Å². The van der Waals surface area contributed by atoms with Gasteiger partial charge in [0.05, 0.1) is 0 Å². The van der Waals surface area contributed by atoms with Gasteiger partial charge in [-0.1, -0.05) is 53.7 Å². The Kier molecular flexibility index (Phi) is 5.93. The van der Waals surface area contributed by atoms with Crippen LogP contribution >= 0.6 is 0 Å². The number of nitrogens with zero attached hydrogens (tertiary/aromatic N) is 2. The van der Waals surface area contributed by atoms with Gasteiger partial charge in [-0.05, 0) is 50.3 Å². The Hall–Kier alpha value is -2.97. The zero-order chi connectivity index (χ0) is 22.0. The van der Waals surface area contributed by atoms with E-state index in [0.29, 0.717) is 30.6 Å². The number of rotatable bonds is 6. The fourth-order valence-electron chi connectivity index (χ4n) is 4.08. The molecular weight excluding hydrogens is 414 g/mol. The van der Waals surface area contributed by atoms with Crippen LogP contribution in [-0.2, 0) is 21.2 Å². The lowest BCUT2D eigenvalue weighted by Gasteiger charge is -2.23. The molecule has 1 aliphatic heterocycles. The molecule has 3 aromatic rings. The van der Waals surface area contributed by atoms with Crippen molar-refractivity contribution in [3.8, 4) is 0 Å². The summed E-state index contributed by atoms with van der Waals surface area (Å²) < 4.78 is 32.8. The first-order valence-electron chi connectivity index (χ1n) is 10.3. The Morgan fingerprint density at radius 2 is 1.84 bits per heavy atom. The van der Waals surface area contributed by atoms with Crippen molar-refractivity contribution < 1.29 is 17.7 Å². The van der Waals surface area contributed by atoms with Crippen molar-refractivity contribution in [2.24, 2.45) is 0 Å². The van der Waals surface area contributed by atoms with Crippen LogP contribution < -0.4 is 5.32 Å². The van der Waals surface area contributed by atoms with E-state index in [1.807, 2.05) is 54.6 Å². The summed E-state index contributed by atoms with van der Waals surface area (Å²) in [5.74, 6) is -0.0925. The minimum atomic E-state index is -3.89. The van der Waals surface area contributed by atoms with Crippen LogP contribution in [0.2, 0.25) is 0 Å². The van der Waals surface area contributed by atoms with Gasteiger partial charge in [0.15, 0.2) is 5.76 Å². The highest BCUT2D eigenvalue weighted by molar-refractivity contribution is 7.89. The first-order chi connectivity index (χ1) is 14.9. The lowest BCUT2D eigenvalue weighted by molar-refractivity contribution is -0.119. The standard InChI is InChI=1S/C23H25N3O4S/c1-16-22(17(2)30-25-16)31(28,29)26-14-8-13-21(26)23(27)24-20-12-7-6-11-19(20)15-18-9-4-3-5-10-18/h3-7,9-12,21H,8,13-15H2,1-2H3,(H,24,27)/t21-/m1/s1. The van der Waals surface area contributed by atoms with Crippen LogP contribution in [0.25, 0.3) is 0 Å². The fourth-order valence-corrected chi connectivity index (χ4v) is 6.03. The zero-order valence-electron chi connectivity index (χ0n) is 17.5. The molecule has 31 heavy (non-hydrogen) atoms. The maximum Gasteiger partial charge on any atom is 0.249 e. The zero-order valence-corrected chi connectivity index (χ0v) is 18.4. The third kappa shape index (κ3) is 4.26. The smallest absolute Gasteiger partial charge is 0.249 e. The molecule has 1 N–H and O–H groups in total. The number of aryl methyl sites for hydroxylation is 2. The Bertz CT molecular complexity index is 1170. The van der Waals surface area contributed by atoms with Crippen LogP contribution in [-0.4, -0.2) is 36.4 Å². The van der Waals surface area contributed by atoms with Crippen molar-refractivity contribution in [3.05, 3.63) is 77.2 Å². The number of nitrogens with one attached hydrogen (secondary N) is 1. The molecule has 1 amide bonds. The van der Waals surface area contributed by atoms with Crippen LogP contribution in [0.15, 0.2) is 64.0 Å². The molecule has 1 saturated heterocycles. The first-order valence-corrected chi connectivity index (χ1v) is 11.7. The second-order valence-corrected chi connectivity index (χ2v) is 9.56. The molecular formula is C23H25N3O4S. The van der Waals surface area contributed by atoms with E-state index in [9.17, 15) is 13.2 Å². The van der Waals surface area contributed by atoms with Crippen molar-refractivity contribution in [2.45, 2.75) is 44.0 Å². The molecule has 1 fully saturated rings. The predicted octanol–water partition coefficient (Wildman–Crippen LogP) is 3.67. The molecule has 7 nitrogen and oxygen atoms in total. The quantitative estimate of drug-likeness (QED) is 0.633. The number of para-hydroxylation sites is 1. The molecule has 1 aromatic heterocycles. The van der Waals surface area contributed by atoms with Gasteiger partial charge in [-0.15, -0.1) is 0 Å².